The lowest BCUT2D eigenvalue weighted by atomic mass is 10.2. The van der Waals surface area contributed by atoms with Crippen molar-refractivity contribution in [2.45, 2.75) is 6.54 Å². The van der Waals surface area contributed by atoms with E-state index < -0.39 is 0 Å². The number of halogens is 1. The average molecular weight is 311 g/mol. The molecule has 4 aromatic rings. The van der Waals surface area contributed by atoms with Gasteiger partial charge in [0.05, 0.1) is 17.4 Å². The average Bonchev–Trinajstić information content (AvgIpc) is 3.16. The van der Waals surface area contributed by atoms with Crippen LogP contribution in [0.3, 0.4) is 0 Å². The van der Waals surface area contributed by atoms with Crippen molar-refractivity contribution in [1.29, 1.82) is 0 Å². The summed E-state index contributed by atoms with van der Waals surface area (Å²) in [6.45, 7) is 0.487. The summed E-state index contributed by atoms with van der Waals surface area (Å²) in [6, 6.07) is 15.2. The molecular formula is C16H11ClN4O. The Balaban J connectivity index is 1.63. The Morgan fingerprint density at radius 2 is 1.82 bits per heavy atom. The van der Waals surface area contributed by atoms with Crippen LogP contribution in [0.25, 0.3) is 22.5 Å². The summed E-state index contributed by atoms with van der Waals surface area (Å²) in [5, 5.41) is 8.86. The highest BCUT2D eigenvalue weighted by molar-refractivity contribution is 6.30. The SMILES string of the molecule is Clc1ccc(-c2nnc(Cn3cnc4ccccc43)o2)cc1. The van der Waals surface area contributed by atoms with E-state index in [9.17, 15) is 0 Å². The molecule has 2 heterocycles. The van der Waals surface area contributed by atoms with Crippen LogP contribution in [-0.4, -0.2) is 19.7 Å². The van der Waals surface area contributed by atoms with Gasteiger partial charge < -0.3 is 8.98 Å². The summed E-state index contributed by atoms with van der Waals surface area (Å²) in [4.78, 5) is 4.35. The predicted molar refractivity (Wildman–Crippen MR) is 83.6 cm³/mol. The molecular weight excluding hydrogens is 300 g/mol. The van der Waals surface area contributed by atoms with Crippen LogP contribution in [0, 0.1) is 0 Å². The lowest BCUT2D eigenvalue weighted by molar-refractivity contribution is 0.491. The first-order valence-corrected chi connectivity index (χ1v) is 7.15. The molecule has 0 unspecified atom stereocenters. The molecule has 22 heavy (non-hydrogen) atoms. The summed E-state index contributed by atoms with van der Waals surface area (Å²) in [6.07, 6.45) is 1.77. The van der Waals surface area contributed by atoms with E-state index in [4.69, 9.17) is 16.0 Å². The quantitative estimate of drug-likeness (QED) is 0.577. The molecule has 2 aromatic carbocycles. The summed E-state index contributed by atoms with van der Waals surface area (Å²) < 4.78 is 7.70. The van der Waals surface area contributed by atoms with Gasteiger partial charge in [-0.2, -0.15) is 0 Å². The number of imidazole rings is 1. The van der Waals surface area contributed by atoms with Gasteiger partial charge in [-0.25, -0.2) is 4.98 Å². The molecule has 0 amide bonds. The van der Waals surface area contributed by atoms with Crippen LogP contribution in [0.15, 0.2) is 59.3 Å². The van der Waals surface area contributed by atoms with Gasteiger partial charge in [0, 0.05) is 10.6 Å². The molecule has 0 spiro atoms. The van der Waals surface area contributed by atoms with E-state index in [0.717, 1.165) is 16.6 Å². The Hall–Kier alpha value is -2.66. The van der Waals surface area contributed by atoms with Crippen molar-refractivity contribution >= 4 is 22.6 Å². The molecule has 0 saturated carbocycles. The molecule has 6 heteroatoms. The molecule has 2 aromatic heterocycles. The topological polar surface area (TPSA) is 56.7 Å². The third-order valence-electron chi connectivity index (χ3n) is 3.39. The van der Waals surface area contributed by atoms with Crippen LogP contribution in [0.1, 0.15) is 5.89 Å². The van der Waals surface area contributed by atoms with Crippen LogP contribution >= 0.6 is 11.6 Å². The summed E-state index contributed by atoms with van der Waals surface area (Å²) in [5.74, 6) is 1.02. The number of hydrogen-bond acceptors (Lipinski definition) is 4. The monoisotopic (exact) mass is 310 g/mol. The molecule has 0 bridgehead atoms. The Labute approximate surface area is 131 Å². The second kappa shape index (κ2) is 5.27. The number of benzene rings is 2. The minimum atomic E-state index is 0.482. The Morgan fingerprint density at radius 3 is 2.68 bits per heavy atom. The second-order valence-electron chi connectivity index (χ2n) is 4.87. The molecule has 0 aliphatic heterocycles. The van der Waals surface area contributed by atoms with E-state index in [0.29, 0.717) is 23.3 Å². The van der Waals surface area contributed by atoms with Gasteiger partial charge in [-0.15, -0.1) is 10.2 Å². The van der Waals surface area contributed by atoms with E-state index in [2.05, 4.69) is 15.2 Å². The van der Waals surface area contributed by atoms with E-state index in [-0.39, 0.29) is 0 Å². The van der Waals surface area contributed by atoms with Crippen LogP contribution in [0.4, 0.5) is 0 Å². The highest BCUT2D eigenvalue weighted by atomic mass is 35.5. The fourth-order valence-electron chi connectivity index (χ4n) is 2.31. The van der Waals surface area contributed by atoms with Gasteiger partial charge in [0.2, 0.25) is 11.8 Å². The molecule has 0 radical (unpaired) electrons. The van der Waals surface area contributed by atoms with Crippen molar-refractivity contribution in [3.63, 3.8) is 0 Å². The van der Waals surface area contributed by atoms with Crippen molar-refractivity contribution < 1.29 is 4.42 Å². The third-order valence-corrected chi connectivity index (χ3v) is 3.64. The maximum absolute atomic E-state index is 5.88. The highest BCUT2D eigenvalue weighted by Gasteiger charge is 2.10. The van der Waals surface area contributed by atoms with E-state index in [1.54, 1.807) is 18.5 Å². The smallest absolute Gasteiger partial charge is 0.247 e. The fraction of sp³-hybridized carbons (Fsp3) is 0.0625. The lowest BCUT2D eigenvalue weighted by Gasteiger charge is -1.99. The van der Waals surface area contributed by atoms with E-state index in [1.165, 1.54) is 0 Å². The van der Waals surface area contributed by atoms with Gasteiger partial charge in [0.25, 0.3) is 0 Å². The maximum atomic E-state index is 5.88. The zero-order valence-electron chi connectivity index (χ0n) is 11.5. The van der Waals surface area contributed by atoms with Gasteiger partial charge in [-0.05, 0) is 36.4 Å². The molecule has 4 rings (SSSR count). The minimum Gasteiger partial charge on any atom is -0.419 e. The zero-order chi connectivity index (χ0) is 14.9. The zero-order valence-corrected chi connectivity index (χ0v) is 12.2. The van der Waals surface area contributed by atoms with Crippen LogP contribution in [0.2, 0.25) is 5.02 Å². The second-order valence-corrected chi connectivity index (χ2v) is 5.31. The first-order valence-electron chi connectivity index (χ1n) is 6.78. The predicted octanol–water partition coefficient (Wildman–Crippen LogP) is 3.79. The minimum absolute atomic E-state index is 0.482. The molecule has 0 fully saturated rings. The van der Waals surface area contributed by atoms with Crippen LogP contribution in [0.5, 0.6) is 0 Å². The van der Waals surface area contributed by atoms with Crippen LogP contribution in [-0.2, 0) is 6.54 Å². The summed E-state index contributed by atoms with van der Waals surface area (Å²) in [5.41, 5.74) is 2.83. The highest BCUT2D eigenvalue weighted by Crippen LogP contribution is 2.21. The number of aromatic nitrogens is 4. The molecule has 0 N–H and O–H groups in total. The van der Waals surface area contributed by atoms with Gasteiger partial charge in [-0.1, -0.05) is 23.7 Å². The Bertz CT molecular complexity index is 927. The molecule has 0 aliphatic rings. The summed E-state index contributed by atoms with van der Waals surface area (Å²) >= 11 is 5.88. The molecule has 0 aliphatic carbocycles. The van der Waals surface area contributed by atoms with E-state index in [1.807, 2.05) is 41.0 Å². The largest absolute Gasteiger partial charge is 0.419 e. The van der Waals surface area contributed by atoms with Gasteiger partial charge in [-0.3, -0.25) is 0 Å². The standard InChI is InChI=1S/C16H11ClN4O/c17-12-7-5-11(6-8-12)16-20-19-15(22-16)9-21-10-18-13-3-1-2-4-14(13)21/h1-8,10H,9H2. The van der Waals surface area contributed by atoms with Crippen molar-refractivity contribution in [2.24, 2.45) is 0 Å². The third kappa shape index (κ3) is 2.35. The van der Waals surface area contributed by atoms with Gasteiger partial charge >= 0.3 is 0 Å². The first-order chi connectivity index (χ1) is 10.8. The number of rotatable bonds is 3. The number of para-hydroxylation sites is 2. The van der Waals surface area contributed by atoms with E-state index >= 15 is 0 Å². The molecule has 0 atom stereocenters. The molecule has 5 nitrogen and oxygen atoms in total. The number of nitrogens with zero attached hydrogens (tertiary/aromatic N) is 4. The van der Waals surface area contributed by atoms with Crippen LogP contribution < -0.4 is 0 Å². The fourth-order valence-corrected chi connectivity index (χ4v) is 2.43. The number of hydrogen-bond donors (Lipinski definition) is 0. The first kappa shape index (κ1) is 13.0. The lowest BCUT2D eigenvalue weighted by Crippen LogP contribution is -1.97. The molecule has 0 saturated heterocycles. The number of fused-ring (bicyclic) bond motifs is 1. The van der Waals surface area contributed by atoms with Crippen molar-refractivity contribution in [3.8, 4) is 11.5 Å². The Kier molecular flexibility index (Phi) is 3.12. The van der Waals surface area contributed by atoms with Crippen molar-refractivity contribution in [1.82, 2.24) is 19.7 Å². The Morgan fingerprint density at radius 1 is 1.00 bits per heavy atom. The normalized spacial score (nSPS) is 11.1. The van der Waals surface area contributed by atoms with Gasteiger partial charge in [0.15, 0.2) is 0 Å². The molecule has 108 valence electrons. The van der Waals surface area contributed by atoms with Gasteiger partial charge in [0.1, 0.15) is 6.54 Å². The maximum Gasteiger partial charge on any atom is 0.247 e. The summed E-state index contributed by atoms with van der Waals surface area (Å²) in [7, 11) is 0. The van der Waals surface area contributed by atoms with Crippen molar-refractivity contribution in [3.05, 3.63) is 65.8 Å². The van der Waals surface area contributed by atoms with Crippen molar-refractivity contribution in [2.75, 3.05) is 0 Å².